The molecule has 1 N–H and O–H groups in total. The van der Waals surface area contributed by atoms with E-state index in [1.807, 2.05) is 19.1 Å². The first-order valence-corrected chi connectivity index (χ1v) is 4.75. The van der Waals surface area contributed by atoms with Crippen LogP contribution in [0.5, 0.6) is 0 Å². The third-order valence-electron chi connectivity index (χ3n) is 2.05. The molecule has 2 aromatic rings. The first-order valence-electron chi connectivity index (χ1n) is 4.75. The number of nitrogens with one attached hydrogen (secondary N) is 1. The van der Waals surface area contributed by atoms with Crippen LogP contribution in [-0.2, 0) is 11.2 Å². The van der Waals surface area contributed by atoms with Crippen LogP contribution in [0, 0.1) is 6.92 Å². The largest absolute Gasteiger partial charge is 0.460 e. The number of rotatable bonds is 3. The fraction of sp³-hybridized carbons (Fsp3) is 0.273. The lowest BCUT2D eigenvalue weighted by molar-refractivity contribution is -0.116. The van der Waals surface area contributed by atoms with Gasteiger partial charge in [-0.05, 0) is 26.0 Å². The smallest absolute Gasteiger partial charge is 0.152 e. The molecule has 0 saturated carbocycles. The Hall–Kier alpha value is -1.84. The van der Waals surface area contributed by atoms with E-state index in [0.717, 1.165) is 17.2 Å². The molecule has 0 aliphatic heterocycles. The van der Waals surface area contributed by atoms with Gasteiger partial charge in [-0.25, -0.2) is 4.98 Å². The second-order valence-electron chi connectivity index (χ2n) is 3.53. The fourth-order valence-electron chi connectivity index (χ4n) is 1.39. The Balaban J connectivity index is 2.23. The summed E-state index contributed by atoms with van der Waals surface area (Å²) in [5, 5.41) is 0. The Morgan fingerprint density at radius 3 is 2.93 bits per heavy atom. The zero-order valence-electron chi connectivity index (χ0n) is 8.70. The van der Waals surface area contributed by atoms with Crippen molar-refractivity contribution in [2.75, 3.05) is 0 Å². The van der Waals surface area contributed by atoms with E-state index in [2.05, 4.69) is 9.97 Å². The molecule has 0 unspecified atom stereocenters. The molecule has 78 valence electrons. The highest BCUT2D eigenvalue weighted by Crippen LogP contribution is 2.19. The molecule has 2 rings (SSSR count). The van der Waals surface area contributed by atoms with Crippen molar-refractivity contribution in [2.45, 2.75) is 20.3 Å². The van der Waals surface area contributed by atoms with E-state index in [4.69, 9.17) is 4.42 Å². The van der Waals surface area contributed by atoms with E-state index in [1.165, 1.54) is 0 Å². The van der Waals surface area contributed by atoms with Gasteiger partial charge in [-0.3, -0.25) is 4.79 Å². The van der Waals surface area contributed by atoms with Crippen LogP contribution in [0.25, 0.3) is 11.5 Å². The number of carbonyl (C=O) groups excluding carboxylic acids is 1. The summed E-state index contributed by atoms with van der Waals surface area (Å²) in [6.45, 7) is 3.43. The van der Waals surface area contributed by atoms with Crippen molar-refractivity contribution < 1.29 is 9.21 Å². The first kappa shape index (κ1) is 9.71. The van der Waals surface area contributed by atoms with Gasteiger partial charge in [-0.2, -0.15) is 0 Å². The average molecular weight is 204 g/mol. The van der Waals surface area contributed by atoms with E-state index >= 15 is 0 Å². The number of nitrogens with zero attached hydrogens (tertiary/aromatic N) is 1. The summed E-state index contributed by atoms with van der Waals surface area (Å²) in [5.74, 6) is 2.36. The Morgan fingerprint density at radius 2 is 2.33 bits per heavy atom. The predicted octanol–water partition coefficient (Wildman–Crippen LogP) is 2.11. The highest BCUT2D eigenvalue weighted by Gasteiger charge is 2.07. The van der Waals surface area contributed by atoms with Crippen molar-refractivity contribution in [1.29, 1.82) is 0 Å². The number of imidazole rings is 1. The van der Waals surface area contributed by atoms with Gasteiger partial charge in [0.15, 0.2) is 5.76 Å². The van der Waals surface area contributed by atoms with Crippen LogP contribution in [0.3, 0.4) is 0 Å². The zero-order chi connectivity index (χ0) is 10.8. The molecule has 0 aliphatic rings. The fourth-order valence-corrected chi connectivity index (χ4v) is 1.39. The highest BCUT2D eigenvalue weighted by atomic mass is 16.3. The maximum absolute atomic E-state index is 10.9. The molecule has 0 aromatic carbocycles. The van der Waals surface area contributed by atoms with Crippen molar-refractivity contribution in [3.05, 3.63) is 29.9 Å². The van der Waals surface area contributed by atoms with Crippen molar-refractivity contribution in [3.8, 4) is 11.5 Å². The average Bonchev–Trinajstić information content (AvgIpc) is 2.72. The SMILES string of the molecule is CC(=O)Cc1ncc(-c2ccc(C)o2)[nH]1. The van der Waals surface area contributed by atoms with Crippen LogP contribution in [0.4, 0.5) is 0 Å². The summed E-state index contributed by atoms with van der Waals surface area (Å²) < 4.78 is 5.43. The predicted molar refractivity (Wildman–Crippen MR) is 55.4 cm³/mol. The molecule has 0 saturated heterocycles. The molecule has 2 aromatic heterocycles. The Kier molecular flexibility index (Phi) is 2.41. The van der Waals surface area contributed by atoms with Gasteiger partial charge in [-0.15, -0.1) is 0 Å². The van der Waals surface area contributed by atoms with Gasteiger partial charge in [0.05, 0.1) is 12.6 Å². The molecule has 2 heterocycles. The van der Waals surface area contributed by atoms with Crippen molar-refractivity contribution >= 4 is 5.78 Å². The number of furan rings is 1. The van der Waals surface area contributed by atoms with Gasteiger partial charge in [0.25, 0.3) is 0 Å². The van der Waals surface area contributed by atoms with Crippen molar-refractivity contribution in [1.82, 2.24) is 9.97 Å². The van der Waals surface area contributed by atoms with Gasteiger partial charge in [0, 0.05) is 0 Å². The van der Waals surface area contributed by atoms with E-state index in [-0.39, 0.29) is 5.78 Å². The molecule has 0 amide bonds. The standard InChI is InChI=1S/C11H12N2O2/c1-7(14)5-11-12-6-9(13-11)10-4-3-8(2)15-10/h3-4,6H,5H2,1-2H3,(H,12,13). The van der Waals surface area contributed by atoms with E-state index in [1.54, 1.807) is 13.1 Å². The number of H-pyrrole nitrogens is 1. The number of Topliss-reactive ketones (excluding diaryl/α,β-unsaturated/α-hetero) is 1. The topological polar surface area (TPSA) is 58.9 Å². The minimum Gasteiger partial charge on any atom is -0.460 e. The monoisotopic (exact) mass is 204 g/mol. The first-order chi connectivity index (χ1) is 7.15. The van der Waals surface area contributed by atoms with Gasteiger partial charge in [-0.1, -0.05) is 0 Å². The zero-order valence-corrected chi connectivity index (χ0v) is 8.70. The van der Waals surface area contributed by atoms with Crippen LogP contribution in [-0.4, -0.2) is 15.8 Å². The molecule has 0 bridgehead atoms. The molecule has 0 spiro atoms. The van der Waals surface area contributed by atoms with Crippen LogP contribution in [0.2, 0.25) is 0 Å². The summed E-state index contributed by atoms with van der Waals surface area (Å²) in [6.07, 6.45) is 2.01. The highest BCUT2D eigenvalue weighted by molar-refractivity contribution is 5.77. The number of aryl methyl sites for hydroxylation is 1. The van der Waals surface area contributed by atoms with E-state index in [9.17, 15) is 4.79 Å². The molecule has 0 fully saturated rings. The Bertz CT molecular complexity index is 482. The second kappa shape index (κ2) is 3.73. The molecular formula is C11H12N2O2. The number of ketones is 1. The maximum atomic E-state index is 10.9. The van der Waals surface area contributed by atoms with Gasteiger partial charge in [0.1, 0.15) is 23.1 Å². The van der Waals surface area contributed by atoms with Crippen LogP contribution < -0.4 is 0 Å². The minimum atomic E-state index is 0.0894. The minimum absolute atomic E-state index is 0.0894. The number of hydrogen-bond donors (Lipinski definition) is 1. The molecular weight excluding hydrogens is 192 g/mol. The quantitative estimate of drug-likeness (QED) is 0.832. The molecule has 0 aliphatic carbocycles. The lowest BCUT2D eigenvalue weighted by Crippen LogP contribution is -1.97. The van der Waals surface area contributed by atoms with E-state index in [0.29, 0.717) is 12.2 Å². The maximum Gasteiger partial charge on any atom is 0.152 e. The molecule has 15 heavy (non-hydrogen) atoms. The lowest BCUT2D eigenvalue weighted by Gasteiger charge is -1.91. The third-order valence-corrected chi connectivity index (χ3v) is 2.05. The van der Waals surface area contributed by atoms with Crippen LogP contribution >= 0.6 is 0 Å². The summed E-state index contributed by atoms with van der Waals surface area (Å²) in [6, 6.07) is 3.77. The summed E-state index contributed by atoms with van der Waals surface area (Å²) in [5.41, 5.74) is 0.805. The normalized spacial score (nSPS) is 10.5. The second-order valence-corrected chi connectivity index (χ2v) is 3.53. The number of aromatic amines is 1. The third kappa shape index (κ3) is 2.15. The molecule has 0 radical (unpaired) electrons. The number of hydrogen-bond acceptors (Lipinski definition) is 3. The molecule has 4 nitrogen and oxygen atoms in total. The summed E-state index contributed by atoms with van der Waals surface area (Å²) in [7, 11) is 0. The summed E-state index contributed by atoms with van der Waals surface area (Å²) in [4.78, 5) is 18.0. The number of aromatic nitrogens is 2. The van der Waals surface area contributed by atoms with Crippen LogP contribution in [0.1, 0.15) is 18.5 Å². The Morgan fingerprint density at radius 1 is 1.53 bits per heavy atom. The van der Waals surface area contributed by atoms with Crippen LogP contribution in [0.15, 0.2) is 22.7 Å². The van der Waals surface area contributed by atoms with Crippen molar-refractivity contribution in [2.24, 2.45) is 0 Å². The Labute approximate surface area is 87.3 Å². The lowest BCUT2D eigenvalue weighted by atomic mass is 10.3. The summed E-state index contributed by atoms with van der Waals surface area (Å²) >= 11 is 0. The van der Waals surface area contributed by atoms with Gasteiger partial charge < -0.3 is 9.40 Å². The van der Waals surface area contributed by atoms with E-state index < -0.39 is 0 Å². The van der Waals surface area contributed by atoms with Crippen molar-refractivity contribution in [3.63, 3.8) is 0 Å². The molecule has 4 heteroatoms. The number of carbonyl (C=O) groups is 1. The van der Waals surface area contributed by atoms with Gasteiger partial charge >= 0.3 is 0 Å². The van der Waals surface area contributed by atoms with Gasteiger partial charge in [0.2, 0.25) is 0 Å². The molecule has 0 atom stereocenters.